The molecule has 88 valence electrons. The first-order chi connectivity index (χ1) is 8.20. The number of hydrogen-bond acceptors (Lipinski definition) is 4. The number of aromatic nitrogens is 3. The van der Waals surface area contributed by atoms with E-state index in [0.717, 1.165) is 10.0 Å². The van der Waals surface area contributed by atoms with Crippen LogP contribution in [-0.2, 0) is 6.54 Å². The first-order valence-corrected chi connectivity index (χ1v) is 5.58. The molecule has 0 atom stereocenters. The molecule has 17 heavy (non-hydrogen) atoms. The van der Waals surface area contributed by atoms with Crippen molar-refractivity contribution in [1.29, 1.82) is 0 Å². The molecule has 2 aromatic rings. The summed E-state index contributed by atoms with van der Waals surface area (Å²) >= 11 is 3.35. The zero-order valence-electron chi connectivity index (χ0n) is 8.79. The Morgan fingerprint density at radius 3 is 3.06 bits per heavy atom. The number of halogens is 1. The molecule has 2 heterocycles. The monoisotopic (exact) mass is 295 g/mol. The molecule has 0 spiro atoms. The van der Waals surface area contributed by atoms with E-state index >= 15 is 0 Å². The minimum atomic E-state index is -0.0158. The zero-order chi connectivity index (χ0) is 12.3. The minimum absolute atomic E-state index is 0.0158. The molecule has 0 saturated heterocycles. The Kier molecular flexibility index (Phi) is 3.38. The smallest absolute Gasteiger partial charge is 0.206 e. The van der Waals surface area contributed by atoms with Crippen LogP contribution in [-0.4, -0.2) is 25.6 Å². The molecule has 2 rings (SSSR count). The Morgan fingerprint density at radius 1 is 1.53 bits per heavy atom. The number of nitrogens with two attached hydrogens (primary N) is 1. The summed E-state index contributed by atoms with van der Waals surface area (Å²) in [5.41, 5.74) is 6.51. The van der Waals surface area contributed by atoms with Gasteiger partial charge >= 0.3 is 0 Å². The number of rotatable bonds is 3. The van der Waals surface area contributed by atoms with Gasteiger partial charge in [-0.3, -0.25) is 4.98 Å². The Hall–Kier alpha value is -1.89. The van der Waals surface area contributed by atoms with Crippen LogP contribution in [0.2, 0.25) is 0 Å². The SMILES string of the molecule is N/C(=N/O)c1nccn1Cc1cncc(Br)c1. The molecule has 0 aliphatic carbocycles. The third-order valence-corrected chi connectivity index (χ3v) is 2.60. The van der Waals surface area contributed by atoms with Gasteiger partial charge in [-0.2, -0.15) is 0 Å². The lowest BCUT2D eigenvalue weighted by Gasteiger charge is -2.06. The van der Waals surface area contributed by atoms with Crippen LogP contribution in [0.5, 0.6) is 0 Å². The fourth-order valence-electron chi connectivity index (χ4n) is 1.45. The summed E-state index contributed by atoms with van der Waals surface area (Å²) < 4.78 is 2.68. The first-order valence-electron chi connectivity index (χ1n) is 4.79. The van der Waals surface area contributed by atoms with Crippen molar-refractivity contribution < 1.29 is 5.21 Å². The summed E-state index contributed by atoms with van der Waals surface area (Å²) in [7, 11) is 0. The largest absolute Gasteiger partial charge is 0.409 e. The lowest BCUT2D eigenvalue weighted by Crippen LogP contribution is -2.19. The molecule has 0 radical (unpaired) electrons. The molecule has 0 bridgehead atoms. The van der Waals surface area contributed by atoms with Gasteiger partial charge < -0.3 is 15.5 Å². The van der Waals surface area contributed by atoms with Gasteiger partial charge in [0.25, 0.3) is 0 Å². The molecule has 3 N–H and O–H groups in total. The Bertz CT molecular complexity index is 551. The van der Waals surface area contributed by atoms with Crippen LogP contribution in [0.4, 0.5) is 0 Å². The van der Waals surface area contributed by atoms with Gasteiger partial charge in [0.1, 0.15) is 0 Å². The Morgan fingerprint density at radius 2 is 2.35 bits per heavy atom. The standard InChI is InChI=1S/C10H10BrN5O/c11-8-3-7(4-13-5-8)6-16-2-1-14-10(16)9(12)15-17/h1-5,17H,6H2,(H2,12,15). The highest BCUT2D eigenvalue weighted by Gasteiger charge is 2.08. The summed E-state index contributed by atoms with van der Waals surface area (Å²) in [6, 6.07) is 1.95. The number of imidazole rings is 1. The van der Waals surface area contributed by atoms with Gasteiger partial charge in [-0.15, -0.1) is 0 Å². The molecular formula is C10H10BrN5O. The average molecular weight is 296 g/mol. The van der Waals surface area contributed by atoms with Crippen molar-refractivity contribution in [1.82, 2.24) is 14.5 Å². The van der Waals surface area contributed by atoms with Crippen molar-refractivity contribution in [3.63, 3.8) is 0 Å². The number of hydrogen-bond donors (Lipinski definition) is 2. The van der Waals surface area contributed by atoms with Crippen LogP contribution in [0.1, 0.15) is 11.4 Å². The number of pyridine rings is 1. The van der Waals surface area contributed by atoms with E-state index in [1.54, 1.807) is 29.4 Å². The summed E-state index contributed by atoms with van der Waals surface area (Å²) in [5, 5.41) is 11.6. The van der Waals surface area contributed by atoms with Crippen molar-refractivity contribution in [2.75, 3.05) is 0 Å². The van der Waals surface area contributed by atoms with Gasteiger partial charge in [0.15, 0.2) is 5.82 Å². The van der Waals surface area contributed by atoms with E-state index in [1.165, 1.54) is 0 Å². The summed E-state index contributed by atoms with van der Waals surface area (Å²) in [5.74, 6) is 0.408. The summed E-state index contributed by atoms with van der Waals surface area (Å²) in [6.07, 6.45) is 6.82. The maximum absolute atomic E-state index is 8.63. The highest BCUT2D eigenvalue weighted by atomic mass is 79.9. The number of amidine groups is 1. The Balaban J connectivity index is 2.28. The van der Waals surface area contributed by atoms with Crippen LogP contribution in [0.15, 0.2) is 40.5 Å². The van der Waals surface area contributed by atoms with E-state index in [4.69, 9.17) is 10.9 Å². The maximum atomic E-state index is 8.63. The normalized spacial score (nSPS) is 11.7. The van der Waals surface area contributed by atoms with Gasteiger partial charge in [-0.1, -0.05) is 5.16 Å². The second kappa shape index (κ2) is 4.96. The molecule has 0 aliphatic heterocycles. The zero-order valence-corrected chi connectivity index (χ0v) is 10.4. The van der Waals surface area contributed by atoms with Crippen LogP contribution < -0.4 is 5.73 Å². The van der Waals surface area contributed by atoms with Crippen molar-refractivity contribution in [2.45, 2.75) is 6.54 Å². The first kappa shape index (κ1) is 11.6. The van der Waals surface area contributed by atoms with Gasteiger partial charge in [0.05, 0.1) is 6.54 Å². The molecule has 0 fully saturated rings. The molecule has 2 aromatic heterocycles. The molecular weight excluding hydrogens is 286 g/mol. The molecule has 0 saturated carbocycles. The van der Waals surface area contributed by atoms with E-state index in [1.807, 2.05) is 6.07 Å². The lowest BCUT2D eigenvalue weighted by molar-refractivity contribution is 0.318. The molecule has 6 nitrogen and oxygen atoms in total. The molecule has 0 aliphatic rings. The third kappa shape index (κ3) is 2.62. The lowest BCUT2D eigenvalue weighted by atomic mass is 10.3. The number of nitrogens with zero attached hydrogens (tertiary/aromatic N) is 4. The average Bonchev–Trinajstić information content (AvgIpc) is 2.76. The van der Waals surface area contributed by atoms with E-state index < -0.39 is 0 Å². The van der Waals surface area contributed by atoms with Crippen LogP contribution >= 0.6 is 15.9 Å². The van der Waals surface area contributed by atoms with E-state index in [2.05, 4.69) is 31.1 Å². The molecule has 0 amide bonds. The fraction of sp³-hybridized carbons (Fsp3) is 0.100. The third-order valence-electron chi connectivity index (χ3n) is 2.17. The quantitative estimate of drug-likeness (QED) is 0.385. The van der Waals surface area contributed by atoms with Crippen molar-refractivity contribution >= 4 is 21.8 Å². The fourth-order valence-corrected chi connectivity index (χ4v) is 1.87. The maximum Gasteiger partial charge on any atom is 0.206 e. The van der Waals surface area contributed by atoms with Crippen molar-refractivity contribution in [3.05, 3.63) is 46.7 Å². The van der Waals surface area contributed by atoms with E-state index in [0.29, 0.717) is 12.4 Å². The van der Waals surface area contributed by atoms with Gasteiger partial charge in [-0.05, 0) is 27.6 Å². The molecule has 0 unspecified atom stereocenters. The summed E-state index contributed by atoms with van der Waals surface area (Å²) in [6.45, 7) is 0.554. The second-order valence-corrected chi connectivity index (χ2v) is 4.29. The Labute approximate surface area is 106 Å². The number of oxime groups is 1. The molecule has 7 heteroatoms. The van der Waals surface area contributed by atoms with E-state index in [9.17, 15) is 0 Å². The minimum Gasteiger partial charge on any atom is -0.409 e. The van der Waals surface area contributed by atoms with Gasteiger partial charge in [0, 0.05) is 29.3 Å². The topological polar surface area (TPSA) is 89.3 Å². The van der Waals surface area contributed by atoms with Gasteiger partial charge in [-0.25, -0.2) is 4.98 Å². The van der Waals surface area contributed by atoms with Crippen LogP contribution in [0.3, 0.4) is 0 Å². The highest BCUT2D eigenvalue weighted by Crippen LogP contribution is 2.11. The van der Waals surface area contributed by atoms with Gasteiger partial charge in [0.2, 0.25) is 5.84 Å². The van der Waals surface area contributed by atoms with Crippen molar-refractivity contribution in [3.8, 4) is 0 Å². The van der Waals surface area contributed by atoms with E-state index in [-0.39, 0.29) is 5.84 Å². The molecule has 0 aromatic carbocycles. The van der Waals surface area contributed by atoms with Crippen LogP contribution in [0.25, 0.3) is 0 Å². The van der Waals surface area contributed by atoms with Crippen LogP contribution in [0, 0.1) is 0 Å². The summed E-state index contributed by atoms with van der Waals surface area (Å²) in [4.78, 5) is 8.09. The second-order valence-electron chi connectivity index (χ2n) is 3.38. The predicted molar refractivity (Wildman–Crippen MR) is 65.8 cm³/mol. The highest BCUT2D eigenvalue weighted by molar-refractivity contribution is 9.10. The predicted octanol–water partition coefficient (Wildman–Crippen LogP) is 1.18. The van der Waals surface area contributed by atoms with Crippen molar-refractivity contribution in [2.24, 2.45) is 10.9 Å².